The van der Waals surface area contributed by atoms with Gasteiger partial charge < -0.3 is 0 Å². The third kappa shape index (κ3) is 6.92. The SMILES string of the molecule is Cc1cc(C(C)(C)C)cc(C)c1-c1ccc(-c2ccc(-c3ccc(-c4ccc(-c5c(C)cc(C(C)(C)C)cc5C)c5ccccc45)c4ccccc34)c3ccccc23)c2ccccc12. The Morgan fingerprint density at radius 2 is 0.406 bits per heavy atom. The molecule has 0 nitrogen and oxygen atoms in total. The van der Waals surface area contributed by atoms with Gasteiger partial charge in [-0.3, -0.25) is 0 Å². The second-order valence-electron chi connectivity index (χ2n) is 20.3. The lowest BCUT2D eigenvalue weighted by atomic mass is 9.81. The fraction of sp³-hybridized carbons (Fsp3) is 0.188. The van der Waals surface area contributed by atoms with Crippen LogP contribution in [0.1, 0.15) is 74.9 Å². The Balaban J connectivity index is 1.10. The normalized spacial score (nSPS) is 12.2. The Morgan fingerprint density at radius 3 is 0.594 bits per heavy atom. The molecular weight excluding hydrogens is 769 g/mol. The van der Waals surface area contributed by atoms with Gasteiger partial charge in [-0.1, -0.05) is 211 Å². The molecule has 0 unspecified atom stereocenters. The molecule has 0 amide bonds. The maximum absolute atomic E-state index is 2.39. The predicted octanol–water partition coefficient (Wildman–Crippen LogP) is 18.5. The summed E-state index contributed by atoms with van der Waals surface area (Å²) >= 11 is 0. The van der Waals surface area contributed by atoms with E-state index in [-0.39, 0.29) is 10.8 Å². The molecule has 0 radical (unpaired) electrons. The average molecular weight is 827 g/mol. The van der Waals surface area contributed by atoms with E-state index in [1.165, 1.54) is 132 Å². The first-order chi connectivity index (χ1) is 30.7. The van der Waals surface area contributed by atoms with E-state index >= 15 is 0 Å². The smallest absolute Gasteiger partial charge is 0.00987 e. The van der Waals surface area contributed by atoms with Crippen LogP contribution < -0.4 is 0 Å². The first-order valence-corrected chi connectivity index (χ1v) is 23.0. The number of hydrogen-bond donors (Lipinski definition) is 0. The zero-order valence-electron chi connectivity index (χ0n) is 39.2. The van der Waals surface area contributed by atoms with Crippen LogP contribution in [-0.4, -0.2) is 0 Å². The van der Waals surface area contributed by atoms with Crippen molar-refractivity contribution in [2.75, 3.05) is 0 Å². The standard InChI is InChI=1S/C64H58/c1-39-35-43(63(5,6)7)36-40(2)61(39)59-33-31-57(49-23-15-17-25-51(49)59)55-29-27-53(45-19-11-13-21-47(45)55)54-28-30-56(48-22-14-12-20-46(48)54)58-32-34-60(52-26-18-16-24-50(52)58)62-41(3)37-44(38-42(62)4)64(8,9)10/h11-38H,1-10H3. The Bertz CT molecular complexity index is 3210. The Morgan fingerprint density at radius 1 is 0.234 bits per heavy atom. The van der Waals surface area contributed by atoms with E-state index in [9.17, 15) is 0 Å². The molecule has 0 heterocycles. The molecule has 0 atom stereocenters. The molecule has 0 aliphatic carbocycles. The summed E-state index contributed by atoms with van der Waals surface area (Å²) in [5.41, 5.74) is 21.1. The van der Waals surface area contributed by atoms with E-state index in [1.54, 1.807) is 0 Å². The van der Waals surface area contributed by atoms with Crippen LogP contribution in [0.2, 0.25) is 0 Å². The van der Waals surface area contributed by atoms with Gasteiger partial charge in [0, 0.05) is 0 Å². The van der Waals surface area contributed by atoms with E-state index in [0.717, 1.165) is 0 Å². The topological polar surface area (TPSA) is 0 Å². The van der Waals surface area contributed by atoms with Gasteiger partial charge in [-0.2, -0.15) is 0 Å². The Kier molecular flexibility index (Phi) is 9.99. The minimum absolute atomic E-state index is 0.0988. The zero-order valence-corrected chi connectivity index (χ0v) is 39.2. The maximum Gasteiger partial charge on any atom is -0.00987 e. The fourth-order valence-electron chi connectivity index (χ4n) is 10.7. The van der Waals surface area contributed by atoms with Gasteiger partial charge in [-0.15, -0.1) is 0 Å². The Hall–Kier alpha value is -6.76. The first-order valence-electron chi connectivity index (χ1n) is 23.0. The number of hydrogen-bond acceptors (Lipinski definition) is 0. The average Bonchev–Trinajstić information content (AvgIpc) is 3.27. The molecule has 0 aromatic heterocycles. The van der Waals surface area contributed by atoms with E-state index in [4.69, 9.17) is 0 Å². The van der Waals surface area contributed by atoms with Crippen molar-refractivity contribution in [3.05, 3.63) is 203 Å². The summed E-state index contributed by atoms with van der Waals surface area (Å²) in [7, 11) is 0. The molecule has 0 aliphatic rings. The second-order valence-corrected chi connectivity index (χ2v) is 20.3. The van der Waals surface area contributed by atoms with Crippen molar-refractivity contribution < 1.29 is 0 Å². The number of benzene rings is 10. The van der Waals surface area contributed by atoms with Crippen molar-refractivity contribution >= 4 is 43.1 Å². The highest BCUT2D eigenvalue weighted by Crippen LogP contribution is 2.46. The van der Waals surface area contributed by atoms with Gasteiger partial charge in [0.05, 0.1) is 0 Å². The summed E-state index contributed by atoms with van der Waals surface area (Å²) < 4.78 is 0. The van der Waals surface area contributed by atoms with Crippen LogP contribution in [0.25, 0.3) is 98.7 Å². The van der Waals surface area contributed by atoms with Gasteiger partial charge in [0.2, 0.25) is 0 Å². The van der Waals surface area contributed by atoms with Gasteiger partial charge in [-0.05, 0) is 171 Å². The molecule has 0 fully saturated rings. The molecule has 0 heteroatoms. The van der Waals surface area contributed by atoms with Crippen molar-refractivity contribution in [3.8, 4) is 55.6 Å². The first kappa shape index (κ1) is 41.3. The van der Waals surface area contributed by atoms with Gasteiger partial charge in [0.25, 0.3) is 0 Å². The van der Waals surface area contributed by atoms with Crippen molar-refractivity contribution in [3.63, 3.8) is 0 Å². The van der Waals surface area contributed by atoms with Crippen LogP contribution in [0.3, 0.4) is 0 Å². The highest BCUT2D eigenvalue weighted by atomic mass is 14.3. The van der Waals surface area contributed by atoms with Crippen molar-refractivity contribution in [2.24, 2.45) is 0 Å². The lowest BCUT2D eigenvalue weighted by Crippen LogP contribution is -2.12. The van der Waals surface area contributed by atoms with Crippen LogP contribution in [0.4, 0.5) is 0 Å². The highest BCUT2D eigenvalue weighted by molar-refractivity contribution is 6.17. The molecule has 10 aromatic rings. The summed E-state index contributed by atoms with van der Waals surface area (Å²) in [6, 6.07) is 64.4. The van der Waals surface area contributed by atoms with E-state index in [2.05, 4.69) is 239 Å². The van der Waals surface area contributed by atoms with Crippen LogP contribution in [-0.2, 0) is 10.8 Å². The molecule has 0 aliphatic heterocycles. The number of aryl methyl sites for hydroxylation is 4. The third-order valence-electron chi connectivity index (χ3n) is 13.9. The van der Waals surface area contributed by atoms with Crippen LogP contribution >= 0.6 is 0 Å². The number of fused-ring (bicyclic) bond motifs is 4. The maximum atomic E-state index is 2.39. The van der Waals surface area contributed by atoms with E-state index in [0.29, 0.717) is 0 Å². The molecular formula is C64H58. The third-order valence-corrected chi connectivity index (χ3v) is 13.9. The van der Waals surface area contributed by atoms with Gasteiger partial charge in [-0.25, -0.2) is 0 Å². The second kappa shape index (κ2) is 15.5. The van der Waals surface area contributed by atoms with Gasteiger partial charge >= 0.3 is 0 Å². The fourth-order valence-corrected chi connectivity index (χ4v) is 10.7. The summed E-state index contributed by atoms with van der Waals surface area (Å²) in [5.74, 6) is 0. The molecule has 0 saturated carbocycles. The van der Waals surface area contributed by atoms with Gasteiger partial charge in [0.15, 0.2) is 0 Å². The van der Waals surface area contributed by atoms with E-state index in [1.807, 2.05) is 0 Å². The van der Waals surface area contributed by atoms with E-state index < -0.39 is 0 Å². The molecule has 10 rings (SSSR count). The summed E-state index contributed by atoms with van der Waals surface area (Å²) in [6.07, 6.45) is 0. The molecule has 314 valence electrons. The Labute approximate surface area is 380 Å². The van der Waals surface area contributed by atoms with Crippen LogP contribution in [0.5, 0.6) is 0 Å². The van der Waals surface area contributed by atoms with Gasteiger partial charge in [0.1, 0.15) is 0 Å². The largest absolute Gasteiger partial charge is 0.0616 e. The summed E-state index contributed by atoms with van der Waals surface area (Å²) in [5, 5.41) is 10.2. The molecule has 10 aromatic carbocycles. The predicted molar refractivity (Wildman–Crippen MR) is 280 cm³/mol. The quantitative estimate of drug-likeness (QED) is 0.162. The molecule has 0 bridgehead atoms. The molecule has 0 N–H and O–H groups in total. The minimum atomic E-state index is 0.0988. The number of rotatable bonds is 5. The molecule has 0 spiro atoms. The lowest BCUT2D eigenvalue weighted by molar-refractivity contribution is 0.589. The summed E-state index contributed by atoms with van der Waals surface area (Å²) in [6.45, 7) is 22.9. The summed E-state index contributed by atoms with van der Waals surface area (Å²) in [4.78, 5) is 0. The van der Waals surface area contributed by atoms with Crippen LogP contribution in [0.15, 0.2) is 170 Å². The molecule has 0 saturated heterocycles. The zero-order chi connectivity index (χ0) is 44.7. The molecule has 64 heavy (non-hydrogen) atoms. The highest BCUT2D eigenvalue weighted by Gasteiger charge is 2.22. The minimum Gasteiger partial charge on any atom is -0.0616 e. The van der Waals surface area contributed by atoms with Crippen molar-refractivity contribution in [1.82, 2.24) is 0 Å². The van der Waals surface area contributed by atoms with Crippen molar-refractivity contribution in [1.29, 1.82) is 0 Å². The lowest BCUT2D eigenvalue weighted by Gasteiger charge is -2.23. The van der Waals surface area contributed by atoms with Crippen LogP contribution in [0, 0.1) is 27.7 Å². The monoisotopic (exact) mass is 826 g/mol. The van der Waals surface area contributed by atoms with Crippen molar-refractivity contribution in [2.45, 2.75) is 80.1 Å².